The van der Waals surface area contributed by atoms with Crippen molar-refractivity contribution in [1.82, 2.24) is 4.90 Å². The Balaban J connectivity index is 1.67. The van der Waals surface area contributed by atoms with Crippen LogP contribution in [0.2, 0.25) is 0 Å². The molecular formula is C12H21NO3. The first kappa shape index (κ1) is 11.9. The number of carboxylic acid groups (broad SMARTS) is 1. The van der Waals surface area contributed by atoms with E-state index in [-0.39, 0.29) is 12.7 Å². The van der Waals surface area contributed by atoms with Crippen molar-refractivity contribution in [3.05, 3.63) is 0 Å². The zero-order valence-electron chi connectivity index (χ0n) is 9.73. The molecule has 2 fully saturated rings. The fourth-order valence-corrected chi connectivity index (χ4v) is 2.87. The normalized spacial score (nSPS) is 25.0. The van der Waals surface area contributed by atoms with Crippen molar-refractivity contribution < 1.29 is 14.6 Å². The van der Waals surface area contributed by atoms with Gasteiger partial charge >= 0.3 is 5.97 Å². The Labute approximate surface area is 96.6 Å². The summed E-state index contributed by atoms with van der Waals surface area (Å²) in [7, 11) is 0. The zero-order valence-corrected chi connectivity index (χ0v) is 9.73. The van der Waals surface area contributed by atoms with E-state index in [1.165, 1.54) is 25.7 Å². The number of rotatable bonds is 4. The van der Waals surface area contributed by atoms with Gasteiger partial charge in [0.05, 0.1) is 6.10 Å². The van der Waals surface area contributed by atoms with Gasteiger partial charge < -0.3 is 14.7 Å². The summed E-state index contributed by atoms with van der Waals surface area (Å²) in [6.45, 7) is 2.01. The second-order valence-electron chi connectivity index (χ2n) is 4.88. The lowest BCUT2D eigenvalue weighted by atomic mass is 10.0. The SMILES string of the molecule is O=C(O)COC1CCN(C2CCCC2)CC1. The van der Waals surface area contributed by atoms with Gasteiger partial charge in [0.15, 0.2) is 0 Å². The van der Waals surface area contributed by atoms with Crippen LogP contribution >= 0.6 is 0 Å². The van der Waals surface area contributed by atoms with Gasteiger partial charge in [0.1, 0.15) is 6.61 Å². The molecule has 0 aromatic rings. The highest BCUT2D eigenvalue weighted by molar-refractivity contribution is 5.68. The van der Waals surface area contributed by atoms with Crippen molar-refractivity contribution in [2.45, 2.75) is 50.7 Å². The van der Waals surface area contributed by atoms with Gasteiger partial charge in [0.25, 0.3) is 0 Å². The third-order valence-electron chi connectivity index (χ3n) is 3.76. The van der Waals surface area contributed by atoms with E-state index < -0.39 is 5.97 Å². The fourth-order valence-electron chi connectivity index (χ4n) is 2.87. The Kier molecular flexibility index (Phi) is 4.18. The Bertz CT molecular complexity index is 230. The molecule has 1 saturated carbocycles. The summed E-state index contributed by atoms with van der Waals surface area (Å²) in [6.07, 6.45) is 7.59. The van der Waals surface area contributed by atoms with E-state index in [4.69, 9.17) is 9.84 Å². The zero-order chi connectivity index (χ0) is 11.4. The predicted octanol–water partition coefficient (Wildman–Crippen LogP) is 1.49. The molecule has 0 aromatic heterocycles. The highest BCUT2D eigenvalue weighted by Gasteiger charge is 2.27. The van der Waals surface area contributed by atoms with Crippen LogP contribution in [-0.4, -0.2) is 47.8 Å². The molecule has 0 amide bonds. The molecule has 2 aliphatic rings. The minimum atomic E-state index is -0.863. The average Bonchev–Trinajstić information content (AvgIpc) is 2.80. The second kappa shape index (κ2) is 5.64. The molecular weight excluding hydrogens is 206 g/mol. The maximum Gasteiger partial charge on any atom is 0.329 e. The topological polar surface area (TPSA) is 49.8 Å². The third kappa shape index (κ3) is 3.19. The first-order valence-corrected chi connectivity index (χ1v) is 6.33. The molecule has 1 aliphatic carbocycles. The van der Waals surface area contributed by atoms with Gasteiger partial charge in [-0.25, -0.2) is 4.79 Å². The largest absolute Gasteiger partial charge is 0.480 e. The number of piperidine rings is 1. The van der Waals surface area contributed by atoms with Crippen molar-refractivity contribution in [2.75, 3.05) is 19.7 Å². The molecule has 0 atom stereocenters. The molecule has 16 heavy (non-hydrogen) atoms. The molecule has 2 rings (SSSR count). The van der Waals surface area contributed by atoms with Crippen LogP contribution < -0.4 is 0 Å². The van der Waals surface area contributed by atoms with Gasteiger partial charge in [-0.3, -0.25) is 0 Å². The van der Waals surface area contributed by atoms with Crippen LogP contribution in [0.3, 0.4) is 0 Å². The van der Waals surface area contributed by atoms with E-state index in [0.29, 0.717) is 0 Å². The standard InChI is InChI=1S/C12H21NO3/c14-12(15)9-16-11-5-7-13(8-6-11)10-3-1-2-4-10/h10-11H,1-9H2,(H,14,15). The molecule has 0 aromatic carbocycles. The third-order valence-corrected chi connectivity index (χ3v) is 3.76. The summed E-state index contributed by atoms with van der Waals surface area (Å²) in [6, 6.07) is 0.792. The molecule has 1 saturated heterocycles. The van der Waals surface area contributed by atoms with Crippen LogP contribution in [-0.2, 0) is 9.53 Å². The van der Waals surface area contributed by atoms with E-state index >= 15 is 0 Å². The summed E-state index contributed by atoms with van der Waals surface area (Å²) >= 11 is 0. The van der Waals surface area contributed by atoms with Gasteiger partial charge in [-0.2, -0.15) is 0 Å². The summed E-state index contributed by atoms with van der Waals surface area (Å²) in [5.74, 6) is -0.863. The number of aliphatic carboxylic acids is 1. The van der Waals surface area contributed by atoms with Crippen LogP contribution in [0.25, 0.3) is 0 Å². The smallest absolute Gasteiger partial charge is 0.329 e. The number of likely N-dealkylation sites (tertiary alicyclic amines) is 1. The van der Waals surface area contributed by atoms with Crippen molar-refractivity contribution >= 4 is 5.97 Å². The van der Waals surface area contributed by atoms with Crippen LogP contribution in [0.5, 0.6) is 0 Å². The monoisotopic (exact) mass is 227 g/mol. The molecule has 92 valence electrons. The molecule has 0 bridgehead atoms. The lowest BCUT2D eigenvalue weighted by Crippen LogP contribution is -2.42. The van der Waals surface area contributed by atoms with Crippen LogP contribution in [0.15, 0.2) is 0 Å². The Hall–Kier alpha value is -0.610. The number of hydrogen-bond donors (Lipinski definition) is 1. The van der Waals surface area contributed by atoms with E-state index in [2.05, 4.69) is 4.90 Å². The Morgan fingerprint density at radius 3 is 2.38 bits per heavy atom. The summed E-state index contributed by atoms with van der Waals surface area (Å²) < 4.78 is 5.33. The fraction of sp³-hybridized carbons (Fsp3) is 0.917. The minimum Gasteiger partial charge on any atom is -0.480 e. The molecule has 4 heteroatoms. The van der Waals surface area contributed by atoms with Gasteiger partial charge in [-0.1, -0.05) is 12.8 Å². The Morgan fingerprint density at radius 2 is 1.81 bits per heavy atom. The van der Waals surface area contributed by atoms with Gasteiger partial charge in [-0.05, 0) is 25.7 Å². The second-order valence-corrected chi connectivity index (χ2v) is 4.88. The maximum atomic E-state index is 10.4. The van der Waals surface area contributed by atoms with Gasteiger partial charge in [0.2, 0.25) is 0 Å². The minimum absolute atomic E-state index is 0.145. The lowest BCUT2D eigenvalue weighted by Gasteiger charge is -2.35. The number of nitrogens with zero attached hydrogens (tertiary/aromatic N) is 1. The average molecular weight is 227 g/mol. The number of ether oxygens (including phenoxy) is 1. The molecule has 1 heterocycles. The van der Waals surface area contributed by atoms with E-state index in [1.807, 2.05) is 0 Å². The van der Waals surface area contributed by atoms with Crippen molar-refractivity contribution in [2.24, 2.45) is 0 Å². The first-order valence-electron chi connectivity index (χ1n) is 6.33. The van der Waals surface area contributed by atoms with E-state index in [9.17, 15) is 4.79 Å². The number of hydrogen-bond acceptors (Lipinski definition) is 3. The van der Waals surface area contributed by atoms with Crippen LogP contribution in [0.4, 0.5) is 0 Å². The molecule has 0 unspecified atom stereocenters. The van der Waals surface area contributed by atoms with Crippen molar-refractivity contribution in [3.63, 3.8) is 0 Å². The summed E-state index contributed by atoms with van der Waals surface area (Å²) in [5.41, 5.74) is 0. The lowest BCUT2D eigenvalue weighted by molar-refractivity contribution is -0.145. The summed E-state index contributed by atoms with van der Waals surface area (Å²) in [4.78, 5) is 12.9. The maximum absolute atomic E-state index is 10.4. The van der Waals surface area contributed by atoms with Crippen LogP contribution in [0.1, 0.15) is 38.5 Å². The molecule has 0 spiro atoms. The van der Waals surface area contributed by atoms with Gasteiger partial charge in [0, 0.05) is 19.1 Å². The van der Waals surface area contributed by atoms with Gasteiger partial charge in [-0.15, -0.1) is 0 Å². The van der Waals surface area contributed by atoms with E-state index in [1.54, 1.807) is 0 Å². The van der Waals surface area contributed by atoms with Crippen molar-refractivity contribution in [3.8, 4) is 0 Å². The highest BCUT2D eigenvalue weighted by Crippen LogP contribution is 2.26. The van der Waals surface area contributed by atoms with Crippen molar-refractivity contribution in [1.29, 1.82) is 0 Å². The van der Waals surface area contributed by atoms with E-state index in [0.717, 1.165) is 32.0 Å². The molecule has 4 nitrogen and oxygen atoms in total. The molecule has 1 aliphatic heterocycles. The quantitative estimate of drug-likeness (QED) is 0.790. The number of carboxylic acids is 1. The first-order chi connectivity index (χ1) is 7.75. The summed E-state index contributed by atoms with van der Waals surface area (Å²) in [5, 5.41) is 8.53. The predicted molar refractivity (Wildman–Crippen MR) is 60.4 cm³/mol. The molecule has 1 N–H and O–H groups in total. The number of carbonyl (C=O) groups is 1. The molecule has 0 radical (unpaired) electrons. The van der Waals surface area contributed by atoms with Crippen LogP contribution in [0, 0.1) is 0 Å². The highest BCUT2D eigenvalue weighted by atomic mass is 16.5. The Morgan fingerprint density at radius 1 is 1.19 bits per heavy atom.